The summed E-state index contributed by atoms with van der Waals surface area (Å²) in [5.74, 6) is 0. The monoisotopic (exact) mass is 626 g/mol. The summed E-state index contributed by atoms with van der Waals surface area (Å²) in [6.45, 7) is -1.46. The standard InChI is InChI=1S/C29H32F2O13/c1-35-25-21(30)23(43-28(33)37-13-17-9-5-3-6-10-17)19(41-25)15-39-27(32)40-16-20-24(22(31)26(36-2)42-20)44-29(34)38-14-18-11-7-4-8-12-18/h3-12,19-26H,13-16H2,1-2H3/t19-,20-,21+,22+,23-,24-,25?,26?/m1/s1. The van der Waals surface area contributed by atoms with Gasteiger partial charge in [0, 0.05) is 14.2 Å². The quantitative estimate of drug-likeness (QED) is 0.248. The fraction of sp³-hybridized carbons (Fsp3) is 0.483. The average Bonchev–Trinajstić information content (AvgIpc) is 3.51. The number of ether oxygens (including phenoxy) is 10. The lowest BCUT2D eigenvalue weighted by molar-refractivity contribution is -0.149. The van der Waals surface area contributed by atoms with Crippen LogP contribution in [0.1, 0.15) is 11.1 Å². The van der Waals surface area contributed by atoms with Gasteiger partial charge in [0.1, 0.15) is 38.6 Å². The van der Waals surface area contributed by atoms with E-state index in [2.05, 4.69) is 0 Å². The molecular weight excluding hydrogens is 594 g/mol. The van der Waals surface area contributed by atoms with Crippen molar-refractivity contribution in [2.75, 3.05) is 27.4 Å². The van der Waals surface area contributed by atoms with Crippen LogP contribution < -0.4 is 0 Å². The van der Waals surface area contributed by atoms with Crippen LogP contribution in [0, 0.1) is 0 Å². The molecule has 2 aromatic carbocycles. The third-order valence-electron chi connectivity index (χ3n) is 6.56. The van der Waals surface area contributed by atoms with Crippen molar-refractivity contribution in [2.45, 2.75) is 62.6 Å². The van der Waals surface area contributed by atoms with E-state index < -0.39 is 81.0 Å². The maximum Gasteiger partial charge on any atom is 0.509 e. The number of carbonyl (C=O) groups is 3. The minimum Gasteiger partial charge on any atom is -0.431 e. The van der Waals surface area contributed by atoms with Gasteiger partial charge < -0.3 is 47.4 Å². The minimum atomic E-state index is -1.92. The molecule has 0 radical (unpaired) electrons. The van der Waals surface area contributed by atoms with E-state index in [1.807, 2.05) is 0 Å². The molecule has 0 aliphatic carbocycles. The van der Waals surface area contributed by atoms with Crippen molar-refractivity contribution in [2.24, 2.45) is 0 Å². The largest absolute Gasteiger partial charge is 0.509 e. The van der Waals surface area contributed by atoms with E-state index in [9.17, 15) is 23.2 Å². The van der Waals surface area contributed by atoms with E-state index in [0.717, 1.165) is 0 Å². The molecule has 2 aromatic rings. The number of hydrogen-bond donors (Lipinski definition) is 0. The maximum atomic E-state index is 14.8. The van der Waals surface area contributed by atoms with E-state index in [1.165, 1.54) is 14.2 Å². The highest BCUT2D eigenvalue weighted by atomic mass is 19.1. The normalized spacial score (nSPS) is 27.7. The average molecular weight is 627 g/mol. The number of hydrogen-bond acceptors (Lipinski definition) is 13. The van der Waals surface area contributed by atoms with E-state index in [-0.39, 0.29) is 13.2 Å². The summed E-state index contributed by atoms with van der Waals surface area (Å²) in [4.78, 5) is 36.7. The molecule has 2 fully saturated rings. The van der Waals surface area contributed by atoms with Crippen LogP contribution in [0.4, 0.5) is 23.2 Å². The van der Waals surface area contributed by atoms with Crippen molar-refractivity contribution in [3.63, 3.8) is 0 Å². The van der Waals surface area contributed by atoms with Crippen molar-refractivity contribution in [3.8, 4) is 0 Å². The molecule has 240 valence electrons. The Labute approximate surface area is 251 Å². The molecule has 8 atom stereocenters. The summed E-state index contributed by atoms with van der Waals surface area (Å²) in [5, 5.41) is 0. The predicted octanol–water partition coefficient (Wildman–Crippen LogP) is 4.00. The Bertz CT molecular complexity index is 1110. The smallest absolute Gasteiger partial charge is 0.431 e. The van der Waals surface area contributed by atoms with Gasteiger partial charge in [-0.25, -0.2) is 23.2 Å². The van der Waals surface area contributed by atoms with Crippen LogP contribution in [0.3, 0.4) is 0 Å². The third kappa shape index (κ3) is 8.98. The van der Waals surface area contributed by atoms with Gasteiger partial charge in [-0.05, 0) is 11.1 Å². The van der Waals surface area contributed by atoms with Crippen LogP contribution in [0.2, 0.25) is 0 Å². The maximum absolute atomic E-state index is 14.8. The highest BCUT2D eigenvalue weighted by Crippen LogP contribution is 2.30. The molecule has 4 rings (SSSR count). The first kappa shape index (κ1) is 32.9. The first-order chi connectivity index (χ1) is 21.3. The number of carbonyl (C=O) groups excluding carboxylic acids is 3. The molecule has 0 amide bonds. The fourth-order valence-corrected chi connectivity index (χ4v) is 4.36. The summed E-state index contributed by atoms with van der Waals surface area (Å²) >= 11 is 0. The summed E-state index contributed by atoms with van der Waals surface area (Å²) in [7, 11) is 2.37. The first-order valence-corrected chi connectivity index (χ1v) is 13.5. The molecule has 0 aromatic heterocycles. The van der Waals surface area contributed by atoms with E-state index in [0.29, 0.717) is 11.1 Å². The zero-order chi connectivity index (χ0) is 31.5. The molecule has 2 heterocycles. The highest BCUT2D eigenvalue weighted by molar-refractivity contribution is 5.61. The molecule has 2 aliphatic heterocycles. The number of methoxy groups -OCH3 is 2. The van der Waals surface area contributed by atoms with Gasteiger partial charge in [-0.15, -0.1) is 0 Å². The Morgan fingerprint density at radius 2 is 1.00 bits per heavy atom. The van der Waals surface area contributed by atoms with E-state index in [1.54, 1.807) is 60.7 Å². The van der Waals surface area contributed by atoms with Crippen LogP contribution in [-0.4, -0.2) is 95.2 Å². The van der Waals surface area contributed by atoms with Gasteiger partial charge in [-0.3, -0.25) is 0 Å². The van der Waals surface area contributed by atoms with Crippen LogP contribution in [-0.2, 0) is 60.6 Å². The van der Waals surface area contributed by atoms with Crippen molar-refractivity contribution >= 4 is 18.5 Å². The van der Waals surface area contributed by atoms with Gasteiger partial charge in [0.15, 0.2) is 37.1 Å². The van der Waals surface area contributed by atoms with Crippen LogP contribution in [0.5, 0.6) is 0 Å². The Kier molecular flexibility index (Phi) is 12.1. The van der Waals surface area contributed by atoms with Gasteiger partial charge in [0.05, 0.1) is 0 Å². The molecule has 0 N–H and O–H groups in total. The van der Waals surface area contributed by atoms with Crippen LogP contribution >= 0.6 is 0 Å². The Balaban J connectivity index is 1.25. The Morgan fingerprint density at radius 3 is 1.36 bits per heavy atom. The fourth-order valence-electron chi connectivity index (χ4n) is 4.36. The zero-order valence-electron chi connectivity index (χ0n) is 23.8. The van der Waals surface area contributed by atoms with E-state index in [4.69, 9.17) is 47.4 Å². The molecule has 2 unspecified atom stereocenters. The Morgan fingerprint density at radius 1 is 0.614 bits per heavy atom. The number of halogens is 2. The highest BCUT2D eigenvalue weighted by Gasteiger charge is 2.50. The van der Waals surface area contributed by atoms with Crippen molar-refractivity contribution in [1.82, 2.24) is 0 Å². The van der Waals surface area contributed by atoms with Gasteiger partial charge in [0.2, 0.25) is 0 Å². The second-order valence-corrected chi connectivity index (χ2v) is 9.53. The molecule has 0 spiro atoms. The molecule has 0 saturated carbocycles. The molecule has 2 saturated heterocycles. The predicted molar refractivity (Wildman–Crippen MR) is 141 cm³/mol. The lowest BCUT2D eigenvalue weighted by atomic mass is 10.1. The topological polar surface area (TPSA) is 144 Å². The summed E-state index contributed by atoms with van der Waals surface area (Å²) in [6.07, 6.45) is -15.9. The summed E-state index contributed by atoms with van der Waals surface area (Å²) in [6, 6.07) is 17.5. The second-order valence-electron chi connectivity index (χ2n) is 9.53. The molecular formula is C29H32F2O13. The van der Waals surface area contributed by atoms with Crippen molar-refractivity contribution in [1.29, 1.82) is 0 Å². The zero-order valence-corrected chi connectivity index (χ0v) is 23.8. The second kappa shape index (κ2) is 16.1. The number of benzene rings is 2. The third-order valence-corrected chi connectivity index (χ3v) is 6.56. The van der Waals surface area contributed by atoms with Crippen molar-refractivity contribution in [3.05, 3.63) is 71.8 Å². The van der Waals surface area contributed by atoms with Gasteiger partial charge in [-0.2, -0.15) is 0 Å². The van der Waals surface area contributed by atoms with Gasteiger partial charge in [-0.1, -0.05) is 60.7 Å². The lowest BCUT2D eigenvalue weighted by Crippen LogP contribution is -2.38. The molecule has 44 heavy (non-hydrogen) atoms. The van der Waals surface area contributed by atoms with Gasteiger partial charge in [0.25, 0.3) is 0 Å². The van der Waals surface area contributed by atoms with Crippen molar-refractivity contribution < 1.29 is 70.5 Å². The molecule has 13 nitrogen and oxygen atoms in total. The molecule has 2 aliphatic rings. The molecule has 15 heteroatoms. The van der Waals surface area contributed by atoms with Gasteiger partial charge >= 0.3 is 18.5 Å². The lowest BCUT2D eigenvalue weighted by Gasteiger charge is -2.20. The van der Waals surface area contributed by atoms with Crippen LogP contribution in [0.25, 0.3) is 0 Å². The number of rotatable bonds is 12. The first-order valence-electron chi connectivity index (χ1n) is 13.5. The summed E-state index contributed by atoms with van der Waals surface area (Å²) in [5.41, 5.74) is 1.36. The van der Waals surface area contributed by atoms with Crippen LogP contribution in [0.15, 0.2) is 60.7 Å². The molecule has 0 bridgehead atoms. The van der Waals surface area contributed by atoms with E-state index >= 15 is 0 Å². The summed E-state index contributed by atoms with van der Waals surface area (Å²) < 4.78 is 80.5. The Hall–Kier alpha value is -4.05. The minimum absolute atomic E-state index is 0.117. The SMILES string of the molecule is COC1O[C@H](COC(=O)OC[C@H]2OC(OC)[C@@H](F)[C@@H]2OC(=O)OCc2ccccc2)[C@@H](OC(=O)OCc2ccccc2)[C@@H]1F. The number of alkyl halides is 2.